The molecular weight excluding hydrogens is 405 g/mol. The number of carbonyl (C=O) groups excluding carboxylic acids is 1. The zero-order valence-electron chi connectivity index (χ0n) is 17.4. The molecule has 2 aromatic carbocycles. The van der Waals surface area contributed by atoms with Crippen LogP contribution in [0.4, 0.5) is 24.5 Å². The van der Waals surface area contributed by atoms with E-state index in [9.17, 15) is 23.1 Å². The average Bonchev–Trinajstić information content (AvgIpc) is 2.71. The van der Waals surface area contributed by atoms with Crippen LogP contribution in [0.25, 0.3) is 0 Å². The predicted octanol–water partition coefficient (Wildman–Crippen LogP) is 5.00. The standard InChI is InChI=1S/C24H27F3N2O2/c1-13-6-9-20(18(26)10-13)29-22-15(7-8-17(25)21(22)27)23(30)14-11-24(31,12-14)16-4-2-3-5-19(16)28/h6-10,14,16,19,29,31H,2-5,11-12,28H2,1H3. The smallest absolute Gasteiger partial charge is 0.182 e. The van der Waals surface area contributed by atoms with E-state index >= 15 is 0 Å². The van der Waals surface area contributed by atoms with Gasteiger partial charge in [-0.1, -0.05) is 18.9 Å². The molecule has 2 atom stereocenters. The van der Waals surface area contributed by atoms with Crippen LogP contribution in [-0.4, -0.2) is 22.5 Å². The number of nitrogens with one attached hydrogen (secondary N) is 1. The summed E-state index contributed by atoms with van der Waals surface area (Å²) < 4.78 is 42.8. The van der Waals surface area contributed by atoms with E-state index in [-0.39, 0.29) is 36.1 Å². The first-order valence-corrected chi connectivity index (χ1v) is 10.7. The highest BCUT2D eigenvalue weighted by molar-refractivity contribution is 6.04. The second-order valence-corrected chi connectivity index (χ2v) is 9.02. The van der Waals surface area contributed by atoms with Crippen LogP contribution in [0.5, 0.6) is 0 Å². The molecule has 0 saturated heterocycles. The van der Waals surface area contributed by atoms with Gasteiger partial charge < -0.3 is 16.2 Å². The number of nitrogens with two attached hydrogens (primary N) is 1. The minimum Gasteiger partial charge on any atom is -0.389 e. The Morgan fingerprint density at radius 3 is 2.48 bits per heavy atom. The van der Waals surface area contributed by atoms with Crippen LogP contribution < -0.4 is 11.1 Å². The lowest BCUT2D eigenvalue weighted by Gasteiger charge is -2.51. The lowest BCUT2D eigenvalue weighted by molar-refractivity contribution is -0.121. The first kappa shape index (κ1) is 21.8. The maximum atomic E-state index is 14.6. The highest BCUT2D eigenvalue weighted by Gasteiger charge is 2.53. The molecule has 0 radical (unpaired) electrons. The Kier molecular flexibility index (Phi) is 5.83. The van der Waals surface area contributed by atoms with Gasteiger partial charge in [0.05, 0.1) is 17.0 Å². The molecule has 0 aliphatic heterocycles. The van der Waals surface area contributed by atoms with E-state index in [1.807, 2.05) is 0 Å². The predicted molar refractivity (Wildman–Crippen MR) is 113 cm³/mol. The number of hydrogen-bond donors (Lipinski definition) is 3. The van der Waals surface area contributed by atoms with Gasteiger partial charge in [0, 0.05) is 23.4 Å². The zero-order chi connectivity index (χ0) is 22.3. The Balaban J connectivity index is 1.57. The van der Waals surface area contributed by atoms with Crippen molar-refractivity contribution in [1.82, 2.24) is 0 Å². The van der Waals surface area contributed by atoms with E-state index in [0.29, 0.717) is 5.56 Å². The molecule has 2 unspecified atom stereocenters. The SMILES string of the molecule is Cc1ccc(Nc2c(C(=O)C3CC(O)(C4CCCCC4N)C3)ccc(F)c2F)c(F)c1. The van der Waals surface area contributed by atoms with Gasteiger partial charge in [-0.2, -0.15) is 0 Å². The lowest BCUT2D eigenvalue weighted by atomic mass is 9.58. The summed E-state index contributed by atoms with van der Waals surface area (Å²) in [4.78, 5) is 13.1. The van der Waals surface area contributed by atoms with E-state index in [0.717, 1.165) is 31.7 Å². The Hall–Kier alpha value is -2.38. The van der Waals surface area contributed by atoms with Crippen molar-refractivity contribution in [2.24, 2.45) is 17.6 Å². The second-order valence-electron chi connectivity index (χ2n) is 9.02. The molecule has 4 rings (SSSR count). The van der Waals surface area contributed by atoms with Gasteiger partial charge in [0.25, 0.3) is 0 Å². The van der Waals surface area contributed by atoms with Crippen LogP contribution in [0.3, 0.4) is 0 Å². The number of rotatable bonds is 5. The van der Waals surface area contributed by atoms with Crippen molar-refractivity contribution in [1.29, 1.82) is 0 Å². The van der Waals surface area contributed by atoms with Crippen LogP contribution in [0.15, 0.2) is 30.3 Å². The monoisotopic (exact) mass is 432 g/mol. The molecule has 7 heteroatoms. The zero-order valence-corrected chi connectivity index (χ0v) is 17.4. The number of ketones is 1. The summed E-state index contributed by atoms with van der Waals surface area (Å²) in [6.45, 7) is 1.71. The van der Waals surface area contributed by atoms with Gasteiger partial charge in [0.1, 0.15) is 5.82 Å². The normalized spacial score (nSPS) is 28.1. The van der Waals surface area contributed by atoms with Gasteiger partial charge in [-0.3, -0.25) is 4.79 Å². The maximum absolute atomic E-state index is 14.6. The summed E-state index contributed by atoms with van der Waals surface area (Å²) in [5.41, 5.74) is 5.37. The van der Waals surface area contributed by atoms with E-state index < -0.39 is 40.4 Å². The highest BCUT2D eigenvalue weighted by Crippen LogP contribution is 2.49. The number of carbonyl (C=O) groups is 1. The van der Waals surface area contributed by atoms with E-state index in [1.54, 1.807) is 13.0 Å². The van der Waals surface area contributed by atoms with Crippen LogP contribution in [0.1, 0.15) is 54.4 Å². The second kappa shape index (κ2) is 8.28. The quantitative estimate of drug-likeness (QED) is 0.582. The maximum Gasteiger partial charge on any atom is 0.182 e. The third-order valence-electron chi connectivity index (χ3n) is 6.82. The van der Waals surface area contributed by atoms with E-state index in [4.69, 9.17) is 5.73 Å². The fraction of sp³-hybridized carbons (Fsp3) is 0.458. The molecule has 0 amide bonds. The average molecular weight is 432 g/mol. The first-order chi connectivity index (χ1) is 14.7. The van der Waals surface area contributed by atoms with Crippen LogP contribution in [0, 0.1) is 36.2 Å². The van der Waals surface area contributed by atoms with Gasteiger partial charge >= 0.3 is 0 Å². The van der Waals surface area contributed by atoms with E-state index in [1.165, 1.54) is 18.2 Å². The third kappa shape index (κ3) is 4.08. The largest absolute Gasteiger partial charge is 0.389 e. The van der Waals surface area contributed by atoms with Gasteiger partial charge in [-0.05, 0) is 62.4 Å². The summed E-state index contributed by atoms with van der Waals surface area (Å²) in [6.07, 6.45) is 4.19. The molecule has 2 aliphatic carbocycles. The fourth-order valence-electron chi connectivity index (χ4n) is 5.06. The van der Waals surface area contributed by atoms with Crippen LogP contribution >= 0.6 is 0 Å². The van der Waals surface area contributed by atoms with Crippen molar-refractivity contribution < 1.29 is 23.1 Å². The number of aryl methyl sites for hydroxylation is 1. The molecule has 4 nitrogen and oxygen atoms in total. The molecule has 4 N–H and O–H groups in total. The van der Waals surface area contributed by atoms with Crippen molar-refractivity contribution in [2.75, 3.05) is 5.32 Å². The van der Waals surface area contributed by atoms with Crippen LogP contribution in [0.2, 0.25) is 0 Å². The number of Topliss-reactive ketones (excluding diaryl/α,β-unsaturated/α-hetero) is 1. The molecular formula is C24H27F3N2O2. The summed E-state index contributed by atoms with van der Waals surface area (Å²) >= 11 is 0. The fourth-order valence-corrected chi connectivity index (χ4v) is 5.06. The van der Waals surface area contributed by atoms with Gasteiger partial charge in [-0.25, -0.2) is 13.2 Å². The van der Waals surface area contributed by atoms with Crippen molar-refractivity contribution in [3.63, 3.8) is 0 Å². The molecule has 166 valence electrons. The summed E-state index contributed by atoms with van der Waals surface area (Å²) in [6, 6.07) is 6.31. The number of halogens is 3. The first-order valence-electron chi connectivity index (χ1n) is 10.7. The molecule has 0 heterocycles. The third-order valence-corrected chi connectivity index (χ3v) is 6.82. The van der Waals surface area contributed by atoms with Gasteiger partial charge in [0.2, 0.25) is 0 Å². The summed E-state index contributed by atoms with van der Waals surface area (Å²) in [5, 5.41) is 13.6. The highest BCUT2D eigenvalue weighted by atomic mass is 19.2. The molecule has 2 aliphatic rings. The molecule has 0 bridgehead atoms. The Morgan fingerprint density at radius 1 is 1.10 bits per heavy atom. The molecule has 2 saturated carbocycles. The Labute approximate surface area is 179 Å². The summed E-state index contributed by atoms with van der Waals surface area (Å²) in [7, 11) is 0. The number of hydrogen-bond acceptors (Lipinski definition) is 4. The molecule has 0 aromatic heterocycles. The Bertz CT molecular complexity index is 1000. The molecule has 31 heavy (non-hydrogen) atoms. The van der Waals surface area contributed by atoms with E-state index in [2.05, 4.69) is 5.32 Å². The van der Waals surface area contributed by atoms with Crippen molar-refractivity contribution >= 4 is 17.2 Å². The minimum atomic E-state index is -1.24. The van der Waals surface area contributed by atoms with Crippen molar-refractivity contribution in [3.05, 3.63) is 58.9 Å². The van der Waals surface area contributed by atoms with Gasteiger partial charge in [0.15, 0.2) is 17.4 Å². The minimum absolute atomic E-state index is 0.0533. The van der Waals surface area contributed by atoms with Crippen molar-refractivity contribution in [2.45, 2.75) is 57.1 Å². The molecule has 2 fully saturated rings. The number of aliphatic hydroxyl groups is 1. The van der Waals surface area contributed by atoms with Crippen LogP contribution in [-0.2, 0) is 0 Å². The number of anilines is 2. The lowest BCUT2D eigenvalue weighted by Crippen LogP contribution is -2.57. The van der Waals surface area contributed by atoms with Crippen molar-refractivity contribution in [3.8, 4) is 0 Å². The number of benzene rings is 2. The summed E-state index contributed by atoms with van der Waals surface area (Å²) in [5.74, 6) is -3.99. The van der Waals surface area contributed by atoms with Gasteiger partial charge in [-0.15, -0.1) is 0 Å². The topological polar surface area (TPSA) is 75.3 Å². The molecule has 2 aromatic rings. The molecule has 0 spiro atoms. The Morgan fingerprint density at radius 2 is 1.81 bits per heavy atom.